The zero-order valence-corrected chi connectivity index (χ0v) is 17.1. The molecule has 0 heterocycles. The van der Waals surface area contributed by atoms with Crippen LogP contribution >= 0.6 is 0 Å². The van der Waals surface area contributed by atoms with Gasteiger partial charge < -0.3 is 14.7 Å². The standard InChI is InChI=1S/C20H26N2O5S/c1-4-6-13-22(5-2)19-12-7-15(20(23)24)14-18(19)21-28(25,26)17-10-8-16(27-3)9-11-17/h7-12,14,21H,4-6,13H2,1-3H3,(H,23,24). The van der Waals surface area contributed by atoms with Crippen LogP contribution in [-0.2, 0) is 10.0 Å². The maximum absolute atomic E-state index is 12.8. The molecule has 2 rings (SSSR count). The number of hydrogen-bond acceptors (Lipinski definition) is 5. The maximum atomic E-state index is 12.8. The molecule has 0 aromatic heterocycles. The van der Waals surface area contributed by atoms with Crippen LogP contribution < -0.4 is 14.4 Å². The zero-order chi connectivity index (χ0) is 20.7. The Bertz CT molecular complexity index is 911. The van der Waals surface area contributed by atoms with Crippen molar-refractivity contribution in [3.63, 3.8) is 0 Å². The second-order valence-corrected chi connectivity index (χ2v) is 7.93. The highest BCUT2D eigenvalue weighted by molar-refractivity contribution is 7.92. The number of nitrogens with zero attached hydrogens (tertiary/aromatic N) is 1. The fourth-order valence-corrected chi connectivity index (χ4v) is 3.85. The van der Waals surface area contributed by atoms with Gasteiger partial charge in [0.1, 0.15) is 5.75 Å². The van der Waals surface area contributed by atoms with Crippen molar-refractivity contribution in [3.8, 4) is 5.75 Å². The largest absolute Gasteiger partial charge is 0.497 e. The Kier molecular flexibility index (Phi) is 7.28. The lowest BCUT2D eigenvalue weighted by Gasteiger charge is -2.26. The number of rotatable bonds is 10. The van der Waals surface area contributed by atoms with Gasteiger partial charge in [-0.1, -0.05) is 13.3 Å². The summed E-state index contributed by atoms with van der Waals surface area (Å²) in [5, 5.41) is 9.31. The van der Waals surface area contributed by atoms with Crippen LogP contribution in [0.2, 0.25) is 0 Å². The summed E-state index contributed by atoms with van der Waals surface area (Å²) in [6.45, 7) is 5.47. The van der Waals surface area contributed by atoms with Gasteiger partial charge in [0.2, 0.25) is 0 Å². The highest BCUT2D eigenvalue weighted by Crippen LogP contribution is 2.30. The molecule has 0 amide bonds. The minimum Gasteiger partial charge on any atom is -0.497 e. The van der Waals surface area contributed by atoms with Crippen molar-refractivity contribution < 1.29 is 23.1 Å². The summed E-state index contributed by atoms with van der Waals surface area (Å²) in [5.74, 6) is -0.572. The van der Waals surface area contributed by atoms with E-state index in [1.807, 2.05) is 11.8 Å². The summed E-state index contributed by atoms with van der Waals surface area (Å²) in [7, 11) is -2.39. The number of sulfonamides is 1. The van der Waals surface area contributed by atoms with Crippen LogP contribution in [-0.4, -0.2) is 39.7 Å². The quantitative estimate of drug-likeness (QED) is 0.623. The molecule has 0 aliphatic rings. The SMILES string of the molecule is CCCCN(CC)c1ccc(C(=O)O)cc1NS(=O)(=O)c1ccc(OC)cc1. The number of benzene rings is 2. The molecule has 0 spiro atoms. The molecule has 0 bridgehead atoms. The fraction of sp³-hybridized carbons (Fsp3) is 0.350. The van der Waals surface area contributed by atoms with E-state index in [-0.39, 0.29) is 16.1 Å². The Morgan fingerprint density at radius 1 is 1.14 bits per heavy atom. The molecular weight excluding hydrogens is 380 g/mol. The highest BCUT2D eigenvalue weighted by Gasteiger charge is 2.20. The van der Waals surface area contributed by atoms with E-state index < -0.39 is 16.0 Å². The fourth-order valence-electron chi connectivity index (χ4n) is 2.78. The molecule has 8 heteroatoms. The first-order chi connectivity index (χ1) is 13.3. The summed E-state index contributed by atoms with van der Waals surface area (Å²) in [6, 6.07) is 10.5. The van der Waals surface area contributed by atoms with E-state index in [4.69, 9.17) is 4.74 Å². The van der Waals surface area contributed by atoms with Gasteiger partial charge in [0.15, 0.2) is 0 Å². The van der Waals surface area contributed by atoms with Crippen molar-refractivity contribution in [1.82, 2.24) is 0 Å². The Labute approximate surface area is 166 Å². The van der Waals surface area contributed by atoms with Gasteiger partial charge in [-0.25, -0.2) is 13.2 Å². The van der Waals surface area contributed by atoms with Gasteiger partial charge >= 0.3 is 5.97 Å². The van der Waals surface area contributed by atoms with Crippen LogP contribution in [0, 0.1) is 0 Å². The minimum atomic E-state index is -3.89. The molecule has 2 aromatic carbocycles. The summed E-state index contributed by atoms with van der Waals surface area (Å²) >= 11 is 0. The molecule has 7 nitrogen and oxygen atoms in total. The topological polar surface area (TPSA) is 95.9 Å². The van der Waals surface area contributed by atoms with E-state index in [0.29, 0.717) is 18.0 Å². The van der Waals surface area contributed by atoms with Crippen molar-refractivity contribution in [3.05, 3.63) is 48.0 Å². The molecule has 0 radical (unpaired) electrons. The second kappa shape index (κ2) is 9.45. The van der Waals surface area contributed by atoms with Crippen LogP contribution in [0.25, 0.3) is 0 Å². The lowest BCUT2D eigenvalue weighted by molar-refractivity contribution is 0.0697. The molecule has 0 atom stereocenters. The van der Waals surface area contributed by atoms with Crippen LogP contribution in [0.15, 0.2) is 47.4 Å². The van der Waals surface area contributed by atoms with Crippen molar-refractivity contribution >= 4 is 27.4 Å². The van der Waals surface area contributed by atoms with E-state index in [0.717, 1.165) is 19.4 Å². The summed E-state index contributed by atoms with van der Waals surface area (Å²) in [5.41, 5.74) is 0.912. The number of carbonyl (C=O) groups is 1. The summed E-state index contributed by atoms with van der Waals surface area (Å²) in [6.07, 6.45) is 1.94. The number of ether oxygens (including phenoxy) is 1. The van der Waals surface area contributed by atoms with Crippen molar-refractivity contribution in [2.24, 2.45) is 0 Å². The van der Waals surface area contributed by atoms with Crippen molar-refractivity contribution in [1.29, 1.82) is 0 Å². The number of unbranched alkanes of at least 4 members (excludes halogenated alkanes) is 1. The average Bonchev–Trinajstić information content (AvgIpc) is 2.69. The van der Waals surface area contributed by atoms with Crippen LogP contribution in [0.1, 0.15) is 37.0 Å². The van der Waals surface area contributed by atoms with Crippen LogP contribution in [0.4, 0.5) is 11.4 Å². The molecule has 0 aliphatic carbocycles. The van der Waals surface area contributed by atoms with Crippen LogP contribution in [0.5, 0.6) is 5.75 Å². The molecule has 28 heavy (non-hydrogen) atoms. The molecule has 0 aliphatic heterocycles. The van der Waals surface area contributed by atoms with Gasteiger partial charge in [-0.05, 0) is 55.8 Å². The van der Waals surface area contributed by atoms with Crippen LogP contribution in [0.3, 0.4) is 0 Å². The lowest BCUT2D eigenvalue weighted by Crippen LogP contribution is -2.26. The first-order valence-corrected chi connectivity index (χ1v) is 10.6. The number of anilines is 2. The van der Waals surface area contributed by atoms with E-state index in [2.05, 4.69) is 11.6 Å². The average molecular weight is 407 g/mol. The second-order valence-electron chi connectivity index (χ2n) is 6.25. The maximum Gasteiger partial charge on any atom is 0.335 e. The number of carboxylic acid groups (broad SMARTS) is 1. The smallest absolute Gasteiger partial charge is 0.335 e. The van der Waals surface area contributed by atoms with E-state index in [1.165, 1.54) is 31.4 Å². The molecule has 0 saturated carbocycles. The molecular formula is C20H26N2O5S. The Balaban J connectivity index is 2.45. The van der Waals surface area contributed by atoms with Crippen molar-refractivity contribution in [2.45, 2.75) is 31.6 Å². The lowest BCUT2D eigenvalue weighted by atomic mass is 10.1. The normalized spacial score (nSPS) is 11.1. The van der Waals surface area contributed by atoms with Gasteiger partial charge in [-0.3, -0.25) is 4.72 Å². The molecule has 0 unspecified atom stereocenters. The number of carboxylic acids is 1. The first-order valence-electron chi connectivity index (χ1n) is 9.11. The number of methoxy groups -OCH3 is 1. The Hall–Kier alpha value is -2.74. The zero-order valence-electron chi connectivity index (χ0n) is 16.3. The molecule has 2 N–H and O–H groups in total. The summed E-state index contributed by atoms with van der Waals surface area (Å²) in [4.78, 5) is 13.5. The van der Waals surface area contributed by atoms with E-state index >= 15 is 0 Å². The third-order valence-corrected chi connectivity index (χ3v) is 5.74. The molecule has 0 saturated heterocycles. The predicted molar refractivity (Wildman–Crippen MR) is 110 cm³/mol. The number of nitrogens with one attached hydrogen (secondary N) is 1. The van der Waals surface area contributed by atoms with Gasteiger partial charge in [0, 0.05) is 13.1 Å². The Morgan fingerprint density at radius 3 is 2.36 bits per heavy atom. The minimum absolute atomic E-state index is 0.0164. The predicted octanol–water partition coefficient (Wildman–Crippen LogP) is 3.82. The van der Waals surface area contributed by atoms with E-state index in [1.54, 1.807) is 18.2 Å². The van der Waals surface area contributed by atoms with Gasteiger partial charge in [-0.2, -0.15) is 0 Å². The van der Waals surface area contributed by atoms with Gasteiger partial charge in [0.05, 0.1) is 28.9 Å². The third kappa shape index (κ3) is 5.16. The molecule has 152 valence electrons. The monoisotopic (exact) mass is 406 g/mol. The van der Waals surface area contributed by atoms with Gasteiger partial charge in [0.25, 0.3) is 10.0 Å². The highest BCUT2D eigenvalue weighted by atomic mass is 32.2. The third-order valence-electron chi connectivity index (χ3n) is 4.36. The van der Waals surface area contributed by atoms with Crippen molar-refractivity contribution in [2.75, 3.05) is 29.8 Å². The number of hydrogen-bond donors (Lipinski definition) is 2. The van der Waals surface area contributed by atoms with Gasteiger partial charge in [-0.15, -0.1) is 0 Å². The molecule has 2 aromatic rings. The summed E-state index contributed by atoms with van der Waals surface area (Å²) < 4.78 is 33.3. The Morgan fingerprint density at radius 2 is 1.82 bits per heavy atom. The first kappa shape index (κ1) is 21.6. The molecule has 0 fully saturated rings. The number of aromatic carboxylic acids is 1. The van der Waals surface area contributed by atoms with E-state index in [9.17, 15) is 18.3 Å².